The molecule has 0 unspecified atom stereocenters. The van der Waals surface area contributed by atoms with E-state index in [0.717, 1.165) is 12.8 Å². The Morgan fingerprint density at radius 2 is 1.50 bits per heavy atom. The summed E-state index contributed by atoms with van der Waals surface area (Å²) >= 11 is 6.11. The highest BCUT2D eigenvalue weighted by Crippen LogP contribution is 2.29. The van der Waals surface area contributed by atoms with Crippen molar-refractivity contribution in [1.82, 2.24) is 4.90 Å². The van der Waals surface area contributed by atoms with Gasteiger partial charge in [0.15, 0.2) is 0 Å². The summed E-state index contributed by atoms with van der Waals surface area (Å²) < 4.78 is 0.525. The number of carbonyl (C=O) groups excluding carboxylic acids is 2. The van der Waals surface area contributed by atoms with Gasteiger partial charge in [0.25, 0.3) is 11.8 Å². The maximum Gasteiger partial charge on any atom is 0.303 e. The van der Waals surface area contributed by atoms with Crippen LogP contribution in [0.5, 0.6) is 0 Å². The summed E-state index contributed by atoms with van der Waals surface area (Å²) in [6, 6.07) is 0. The van der Waals surface area contributed by atoms with Crippen molar-refractivity contribution in [2.75, 3.05) is 6.54 Å². The molecule has 18 heavy (non-hydrogen) atoms. The van der Waals surface area contributed by atoms with E-state index in [1.165, 1.54) is 4.90 Å². The molecule has 5 nitrogen and oxygen atoms in total. The number of aliphatic carboxylic acids is 1. The minimum atomic E-state index is -0.794. The summed E-state index contributed by atoms with van der Waals surface area (Å²) in [4.78, 5) is 34.7. The van der Waals surface area contributed by atoms with Gasteiger partial charge in [0.1, 0.15) is 8.96 Å². The van der Waals surface area contributed by atoms with Gasteiger partial charge < -0.3 is 5.11 Å². The SMILES string of the molecule is O=C(O)CCCCCCN1C(=O)C(Br)=C(Br)C1=O. The highest BCUT2D eigenvalue weighted by atomic mass is 79.9. The third-order valence-corrected chi connectivity index (χ3v) is 4.58. The Morgan fingerprint density at radius 1 is 1.00 bits per heavy atom. The van der Waals surface area contributed by atoms with Gasteiger partial charge in [-0.15, -0.1) is 0 Å². The molecular weight excluding hydrogens is 370 g/mol. The van der Waals surface area contributed by atoms with Crippen LogP contribution < -0.4 is 0 Å². The van der Waals surface area contributed by atoms with Gasteiger partial charge in [-0.2, -0.15) is 0 Å². The summed E-state index contributed by atoms with van der Waals surface area (Å²) in [5, 5.41) is 8.46. The van der Waals surface area contributed by atoms with Crippen LogP contribution in [0, 0.1) is 0 Å². The van der Waals surface area contributed by atoms with Gasteiger partial charge in [-0.05, 0) is 44.7 Å². The van der Waals surface area contributed by atoms with Gasteiger partial charge in [0, 0.05) is 13.0 Å². The Bertz CT molecular complexity index is 382. The van der Waals surface area contributed by atoms with Crippen molar-refractivity contribution in [2.45, 2.75) is 32.1 Å². The van der Waals surface area contributed by atoms with Gasteiger partial charge in [-0.3, -0.25) is 19.3 Å². The number of carbonyl (C=O) groups is 3. The van der Waals surface area contributed by atoms with E-state index in [1.54, 1.807) is 0 Å². The van der Waals surface area contributed by atoms with Crippen molar-refractivity contribution in [2.24, 2.45) is 0 Å². The highest BCUT2D eigenvalue weighted by Gasteiger charge is 2.35. The highest BCUT2D eigenvalue weighted by molar-refractivity contribution is 9.14. The van der Waals surface area contributed by atoms with Crippen molar-refractivity contribution < 1.29 is 19.5 Å². The molecule has 0 aromatic carbocycles. The normalized spacial score (nSPS) is 15.8. The summed E-state index contributed by atoms with van der Waals surface area (Å²) in [6.45, 7) is 0.370. The van der Waals surface area contributed by atoms with E-state index in [9.17, 15) is 14.4 Å². The molecule has 1 aliphatic rings. The average Bonchev–Trinajstić information content (AvgIpc) is 2.50. The van der Waals surface area contributed by atoms with Crippen molar-refractivity contribution >= 4 is 49.6 Å². The largest absolute Gasteiger partial charge is 0.481 e. The molecule has 1 rings (SSSR count). The second-order valence-corrected chi connectivity index (χ2v) is 5.53. The summed E-state index contributed by atoms with van der Waals surface area (Å²) in [6.07, 6.45) is 3.08. The lowest BCUT2D eigenvalue weighted by Crippen LogP contribution is -2.32. The molecule has 100 valence electrons. The Morgan fingerprint density at radius 3 is 2.00 bits per heavy atom. The zero-order valence-corrected chi connectivity index (χ0v) is 12.8. The van der Waals surface area contributed by atoms with Crippen molar-refractivity contribution in [3.05, 3.63) is 8.96 Å². The van der Waals surface area contributed by atoms with E-state index < -0.39 is 5.97 Å². The smallest absolute Gasteiger partial charge is 0.303 e. The van der Waals surface area contributed by atoms with Crippen LogP contribution in [-0.4, -0.2) is 34.3 Å². The number of amides is 2. The molecule has 0 spiro atoms. The third-order valence-electron chi connectivity index (χ3n) is 2.58. The molecule has 2 amide bonds. The summed E-state index contributed by atoms with van der Waals surface area (Å²) in [5.74, 6) is -1.44. The van der Waals surface area contributed by atoms with E-state index >= 15 is 0 Å². The predicted octanol–water partition coefficient (Wildman–Crippen LogP) is 2.39. The monoisotopic (exact) mass is 381 g/mol. The van der Waals surface area contributed by atoms with Gasteiger partial charge >= 0.3 is 5.97 Å². The number of carboxylic acids is 1. The lowest BCUT2D eigenvalue weighted by molar-refractivity contribution is -0.138. The molecule has 0 aromatic heterocycles. The number of imide groups is 1. The molecule has 0 radical (unpaired) electrons. The molecule has 0 bridgehead atoms. The van der Waals surface area contributed by atoms with Crippen LogP contribution in [0.2, 0.25) is 0 Å². The second-order valence-electron chi connectivity index (χ2n) is 3.95. The molecule has 0 saturated heterocycles. The van der Waals surface area contributed by atoms with Crippen LogP contribution in [0.1, 0.15) is 32.1 Å². The molecule has 1 aliphatic heterocycles. The van der Waals surface area contributed by atoms with Crippen LogP contribution in [0.15, 0.2) is 8.96 Å². The van der Waals surface area contributed by atoms with Gasteiger partial charge in [-0.1, -0.05) is 12.8 Å². The lowest BCUT2D eigenvalue weighted by atomic mass is 10.1. The fourth-order valence-corrected chi connectivity index (χ4v) is 2.39. The Kier molecular flexibility index (Phi) is 6.01. The molecular formula is C11H13Br2NO4. The fraction of sp³-hybridized carbons (Fsp3) is 0.545. The first-order valence-electron chi connectivity index (χ1n) is 5.58. The standard InChI is InChI=1S/C11H13Br2NO4/c12-8-9(13)11(18)14(10(8)17)6-4-2-1-3-5-7(15)16/h1-6H2,(H,15,16). The molecule has 1 N–H and O–H groups in total. The number of halogens is 2. The minimum absolute atomic E-state index is 0.167. The Balaban J connectivity index is 2.24. The minimum Gasteiger partial charge on any atom is -0.481 e. The van der Waals surface area contributed by atoms with Gasteiger partial charge in [-0.25, -0.2) is 0 Å². The van der Waals surface area contributed by atoms with Crippen LogP contribution in [-0.2, 0) is 14.4 Å². The summed E-state index contributed by atoms with van der Waals surface area (Å²) in [7, 11) is 0. The number of rotatable bonds is 7. The number of nitrogens with zero attached hydrogens (tertiary/aromatic N) is 1. The Hall–Kier alpha value is -0.690. The lowest BCUT2D eigenvalue weighted by Gasteiger charge is -2.13. The van der Waals surface area contributed by atoms with Crippen LogP contribution in [0.4, 0.5) is 0 Å². The first kappa shape index (κ1) is 15.4. The molecule has 0 aromatic rings. The fourth-order valence-electron chi connectivity index (χ4n) is 1.62. The molecule has 0 aliphatic carbocycles. The van der Waals surface area contributed by atoms with Gasteiger partial charge in [0.2, 0.25) is 0 Å². The Labute approximate surface area is 121 Å². The molecule has 0 saturated carbocycles. The van der Waals surface area contributed by atoms with Crippen molar-refractivity contribution in [3.8, 4) is 0 Å². The quantitative estimate of drug-likeness (QED) is 0.541. The first-order chi connectivity index (χ1) is 8.45. The third kappa shape index (κ3) is 3.91. The van der Waals surface area contributed by atoms with Crippen LogP contribution >= 0.6 is 31.9 Å². The topological polar surface area (TPSA) is 74.7 Å². The van der Waals surface area contributed by atoms with Crippen LogP contribution in [0.25, 0.3) is 0 Å². The maximum atomic E-state index is 11.6. The number of hydrogen-bond acceptors (Lipinski definition) is 3. The van der Waals surface area contributed by atoms with E-state index in [-0.39, 0.29) is 27.2 Å². The van der Waals surface area contributed by atoms with Gasteiger partial charge in [0.05, 0.1) is 0 Å². The van der Waals surface area contributed by atoms with E-state index in [2.05, 4.69) is 31.9 Å². The van der Waals surface area contributed by atoms with Crippen molar-refractivity contribution in [3.63, 3.8) is 0 Å². The molecule has 1 heterocycles. The van der Waals surface area contributed by atoms with E-state index in [4.69, 9.17) is 5.11 Å². The summed E-state index contributed by atoms with van der Waals surface area (Å²) in [5.41, 5.74) is 0. The maximum absolute atomic E-state index is 11.6. The zero-order valence-electron chi connectivity index (χ0n) is 9.62. The molecule has 0 atom stereocenters. The van der Waals surface area contributed by atoms with Crippen molar-refractivity contribution in [1.29, 1.82) is 0 Å². The number of unbranched alkanes of at least 4 members (excludes halogenated alkanes) is 3. The second kappa shape index (κ2) is 7.04. The number of hydrogen-bond donors (Lipinski definition) is 1. The number of carboxylic acid groups (broad SMARTS) is 1. The average molecular weight is 383 g/mol. The zero-order chi connectivity index (χ0) is 13.7. The molecule has 0 fully saturated rings. The van der Waals surface area contributed by atoms with E-state index in [1.807, 2.05) is 0 Å². The molecule has 7 heteroatoms. The predicted molar refractivity (Wildman–Crippen MR) is 72.3 cm³/mol. The first-order valence-corrected chi connectivity index (χ1v) is 7.17. The van der Waals surface area contributed by atoms with Crippen LogP contribution in [0.3, 0.4) is 0 Å². The van der Waals surface area contributed by atoms with E-state index in [0.29, 0.717) is 19.4 Å².